The van der Waals surface area contributed by atoms with Gasteiger partial charge in [-0.05, 0) is 58.0 Å². The number of nitrogens with zero attached hydrogens (tertiary/aromatic N) is 5. The molecular formula is C23H20F3N5O3. The molecule has 34 heavy (non-hydrogen) atoms. The lowest BCUT2D eigenvalue weighted by Crippen LogP contribution is -2.16. The molecule has 4 rings (SSSR count). The van der Waals surface area contributed by atoms with E-state index in [1.54, 1.807) is 44.4 Å². The van der Waals surface area contributed by atoms with Crippen molar-refractivity contribution in [3.63, 3.8) is 0 Å². The van der Waals surface area contributed by atoms with Crippen molar-refractivity contribution in [1.82, 2.24) is 24.1 Å². The van der Waals surface area contributed by atoms with Crippen molar-refractivity contribution >= 4 is 17.5 Å². The molecule has 4 aromatic rings. The van der Waals surface area contributed by atoms with Crippen LogP contribution in [0.2, 0.25) is 0 Å². The Morgan fingerprint density at radius 1 is 1.00 bits per heavy atom. The average Bonchev–Trinajstić information content (AvgIpc) is 3.32. The van der Waals surface area contributed by atoms with Crippen LogP contribution in [0.15, 0.2) is 36.4 Å². The van der Waals surface area contributed by atoms with E-state index >= 15 is 0 Å². The second kappa shape index (κ2) is 8.40. The number of benzene rings is 1. The summed E-state index contributed by atoms with van der Waals surface area (Å²) in [5, 5.41) is 4.07. The molecule has 0 aliphatic rings. The summed E-state index contributed by atoms with van der Waals surface area (Å²) in [6.07, 6.45) is -4.49. The van der Waals surface area contributed by atoms with Gasteiger partial charge >= 0.3 is 12.1 Å². The van der Waals surface area contributed by atoms with E-state index in [0.29, 0.717) is 17.1 Å². The van der Waals surface area contributed by atoms with Crippen molar-refractivity contribution in [2.45, 2.75) is 33.9 Å². The highest BCUT2D eigenvalue weighted by molar-refractivity contribution is 6.00. The number of hydrogen-bond acceptors (Lipinski definition) is 6. The summed E-state index contributed by atoms with van der Waals surface area (Å²) >= 11 is 0. The number of alkyl halides is 3. The number of ether oxygens (including phenoxy) is 1. The molecular weight excluding hydrogens is 451 g/mol. The molecule has 0 atom stereocenters. The average molecular weight is 471 g/mol. The van der Waals surface area contributed by atoms with Crippen LogP contribution in [-0.4, -0.2) is 42.5 Å². The summed E-state index contributed by atoms with van der Waals surface area (Å²) in [4.78, 5) is 33.4. The first-order valence-electron chi connectivity index (χ1n) is 10.2. The minimum atomic E-state index is -4.49. The maximum absolute atomic E-state index is 13.1. The van der Waals surface area contributed by atoms with Gasteiger partial charge in [0.1, 0.15) is 0 Å². The summed E-state index contributed by atoms with van der Waals surface area (Å²) in [7, 11) is 0. The van der Waals surface area contributed by atoms with E-state index in [0.717, 1.165) is 17.8 Å². The molecule has 0 N–H and O–H groups in total. The number of carbonyl (C=O) groups excluding carboxylic acids is 2. The third-order valence-corrected chi connectivity index (χ3v) is 5.30. The molecule has 0 saturated heterocycles. The maximum Gasteiger partial charge on any atom is 0.416 e. The number of rotatable bonds is 5. The van der Waals surface area contributed by atoms with E-state index < -0.39 is 30.1 Å². The molecule has 1 aromatic carbocycles. The maximum atomic E-state index is 13.1. The largest absolute Gasteiger partial charge is 0.451 e. The zero-order valence-electron chi connectivity index (χ0n) is 18.8. The molecule has 11 heteroatoms. The summed E-state index contributed by atoms with van der Waals surface area (Å²) in [6.45, 7) is 6.28. The van der Waals surface area contributed by atoms with Gasteiger partial charge in [0.2, 0.25) is 5.78 Å². The van der Waals surface area contributed by atoms with Gasteiger partial charge in [0.05, 0.1) is 5.56 Å². The Labute approximate surface area is 192 Å². The molecule has 0 aliphatic carbocycles. The minimum absolute atomic E-state index is 0.233. The van der Waals surface area contributed by atoms with Crippen LogP contribution >= 0.6 is 0 Å². The van der Waals surface area contributed by atoms with Crippen molar-refractivity contribution < 1.29 is 27.5 Å². The Balaban J connectivity index is 1.54. The zero-order chi connectivity index (χ0) is 24.8. The highest BCUT2D eigenvalue weighted by Gasteiger charge is 2.31. The lowest BCUT2D eigenvalue weighted by Gasteiger charge is -2.13. The molecule has 0 radical (unpaired) electrons. The first-order valence-corrected chi connectivity index (χ1v) is 10.2. The van der Waals surface area contributed by atoms with Gasteiger partial charge in [-0.15, -0.1) is 5.10 Å². The molecule has 0 aliphatic heterocycles. The first-order chi connectivity index (χ1) is 16.0. The van der Waals surface area contributed by atoms with Gasteiger partial charge in [0, 0.05) is 34.0 Å². The normalized spacial score (nSPS) is 11.7. The number of esters is 1. The van der Waals surface area contributed by atoms with Gasteiger partial charge in [-0.2, -0.15) is 18.2 Å². The van der Waals surface area contributed by atoms with E-state index in [2.05, 4.69) is 15.1 Å². The summed E-state index contributed by atoms with van der Waals surface area (Å²) in [6, 6.07) is 8.15. The molecule has 0 bridgehead atoms. The highest BCUT2D eigenvalue weighted by Crippen LogP contribution is 2.31. The number of Topliss-reactive ketones (excluding diaryl/α,β-unsaturated/α-hetero) is 1. The summed E-state index contributed by atoms with van der Waals surface area (Å²) < 4.78 is 47.4. The van der Waals surface area contributed by atoms with Gasteiger partial charge in [0.15, 0.2) is 6.61 Å². The third-order valence-electron chi connectivity index (χ3n) is 5.30. The van der Waals surface area contributed by atoms with Crippen LogP contribution < -0.4 is 0 Å². The van der Waals surface area contributed by atoms with Crippen LogP contribution in [-0.2, 0) is 10.9 Å². The fourth-order valence-electron chi connectivity index (χ4n) is 3.79. The second-order valence-electron chi connectivity index (χ2n) is 7.85. The summed E-state index contributed by atoms with van der Waals surface area (Å²) in [5.41, 5.74) is 2.14. The fourth-order valence-corrected chi connectivity index (χ4v) is 3.79. The van der Waals surface area contributed by atoms with E-state index in [1.165, 1.54) is 16.6 Å². The van der Waals surface area contributed by atoms with E-state index in [4.69, 9.17) is 4.74 Å². The number of ketones is 1. The third kappa shape index (κ3) is 4.28. The number of fused-ring (bicyclic) bond motifs is 1. The molecule has 0 spiro atoms. The van der Waals surface area contributed by atoms with Gasteiger partial charge in [-0.3, -0.25) is 4.79 Å². The van der Waals surface area contributed by atoms with Gasteiger partial charge in [0.25, 0.3) is 11.6 Å². The van der Waals surface area contributed by atoms with Crippen molar-refractivity contribution in [3.8, 4) is 5.69 Å². The molecule has 3 heterocycles. The monoisotopic (exact) mass is 471 g/mol. The van der Waals surface area contributed by atoms with Crippen molar-refractivity contribution in [3.05, 3.63) is 76.1 Å². The van der Waals surface area contributed by atoms with Crippen LogP contribution in [0, 0.1) is 27.7 Å². The predicted octanol–water partition coefficient (Wildman–Crippen LogP) is 4.21. The molecule has 8 nitrogen and oxygen atoms in total. The SMILES string of the molecule is Cc1cc(C)n2nc(C(=O)OCC(=O)c3cc(C)n(-c4cccc(C(F)(F)F)c4)c3C)nc2n1. The van der Waals surface area contributed by atoms with Gasteiger partial charge in [-0.1, -0.05) is 6.07 Å². The number of aromatic nitrogens is 5. The van der Waals surface area contributed by atoms with E-state index in [-0.39, 0.29) is 22.9 Å². The number of aryl methyl sites for hydroxylation is 3. The Bertz CT molecular complexity index is 1440. The molecule has 0 unspecified atom stereocenters. The molecule has 0 saturated carbocycles. The molecule has 0 amide bonds. The Hall–Kier alpha value is -4.02. The Kier molecular flexibility index (Phi) is 5.72. The van der Waals surface area contributed by atoms with Crippen LogP contribution in [0.3, 0.4) is 0 Å². The van der Waals surface area contributed by atoms with Crippen LogP contribution in [0.5, 0.6) is 0 Å². The number of halogens is 3. The van der Waals surface area contributed by atoms with Gasteiger partial charge < -0.3 is 9.30 Å². The standard InChI is InChI=1S/C23H20F3N5O3/c1-12-8-14(3)31-22(27-12)28-20(29-31)21(33)34-11-19(32)18-9-13(2)30(15(18)4)17-7-5-6-16(10-17)23(24,25)26/h5-10H,11H2,1-4H3. The van der Waals surface area contributed by atoms with Crippen molar-refractivity contribution in [1.29, 1.82) is 0 Å². The van der Waals surface area contributed by atoms with Crippen LogP contribution in [0.4, 0.5) is 13.2 Å². The first kappa shape index (κ1) is 23.1. The molecule has 3 aromatic heterocycles. The smallest absolute Gasteiger partial charge is 0.416 e. The van der Waals surface area contributed by atoms with Crippen molar-refractivity contribution in [2.75, 3.05) is 6.61 Å². The summed E-state index contributed by atoms with van der Waals surface area (Å²) in [5.74, 6) is -1.39. The quantitative estimate of drug-likeness (QED) is 0.320. The van der Waals surface area contributed by atoms with Gasteiger partial charge in [-0.25, -0.2) is 14.3 Å². The molecule has 176 valence electrons. The topological polar surface area (TPSA) is 91.4 Å². The Morgan fingerprint density at radius 2 is 1.74 bits per heavy atom. The van der Waals surface area contributed by atoms with E-state index in [1.807, 2.05) is 0 Å². The Morgan fingerprint density at radius 3 is 2.44 bits per heavy atom. The number of carbonyl (C=O) groups is 2. The lowest BCUT2D eigenvalue weighted by atomic mass is 10.1. The van der Waals surface area contributed by atoms with E-state index in [9.17, 15) is 22.8 Å². The van der Waals surface area contributed by atoms with Crippen LogP contribution in [0.1, 0.15) is 49.3 Å². The second-order valence-corrected chi connectivity index (χ2v) is 7.85. The lowest BCUT2D eigenvalue weighted by molar-refractivity contribution is -0.137. The fraction of sp³-hybridized carbons (Fsp3) is 0.261. The minimum Gasteiger partial charge on any atom is -0.451 e. The highest BCUT2D eigenvalue weighted by atomic mass is 19.4. The molecule has 0 fully saturated rings. The van der Waals surface area contributed by atoms with Crippen LogP contribution in [0.25, 0.3) is 11.5 Å². The number of hydrogen-bond donors (Lipinski definition) is 0. The zero-order valence-corrected chi connectivity index (χ0v) is 18.8. The predicted molar refractivity (Wildman–Crippen MR) is 115 cm³/mol. The van der Waals surface area contributed by atoms with Crippen molar-refractivity contribution in [2.24, 2.45) is 0 Å².